The van der Waals surface area contributed by atoms with E-state index in [1.54, 1.807) is 0 Å². The summed E-state index contributed by atoms with van der Waals surface area (Å²) in [6.07, 6.45) is 6.91. The van der Waals surface area contributed by atoms with Gasteiger partial charge in [-0.25, -0.2) is 0 Å². The van der Waals surface area contributed by atoms with Gasteiger partial charge in [-0.2, -0.15) is 11.8 Å². The van der Waals surface area contributed by atoms with E-state index in [1.807, 2.05) is 0 Å². The van der Waals surface area contributed by atoms with Crippen LogP contribution in [0.15, 0.2) is 0 Å². The molecule has 2 aliphatic rings. The number of nitrogens with two attached hydrogens (primary N) is 1. The van der Waals surface area contributed by atoms with Crippen molar-refractivity contribution in [1.29, 1.82) is 0 Å². The number of hydrogen-bond donors (Lipinski definition) is 1. The lowest BCUT2D eigenvalue weighted by atomic mass is 9.82. The van der Waals surface area contributed by atoms with Crippen LogP contribution in [0.5, 0.6) is 0 Å². The molecule has 18 heavy (non-hydrogen) atoms. The molecule has 0 unspecified atom stereocenters. The Balaban J connectivity index is 1.73. The van der Waals surface area contributed by atoms with Crippen LogP contribution in [0.25, 0.3) is 0 Å². The van der Waals surface area contributed by atoms with E-state index in [2.05, 4.69) is 30.5 Å². The monoisotopic (exact) mass is 270 g/mol. The predicted molar refractivity (Wildman–Crippen MR) is 82.1 cm³/mol. The molecule has 1 aliphatic heterocycles. The van der Waals surface area contributed by atoms with Crippen LogP contribution in [0.1, 0.15) is 46.0 Å². The smallest absolute Gasteiger partial charge is 0.0116 e. The highest BCUT2D eigenvalue weighted by Crippen LogP contribution is 2.33. The SMILES string of the molecule is CC1(C)CCN(CC2CCC(CN)CC2)CCS1. The van der Waals surface area contributed by atoms with Crippen LogP contribution in [-0.4, -0.2) is 41.6 Å². The van der Waals surface area contributed by atoms with Crippen LogP contribution in [0.2, 0.25) is 0 Å². The van der Waals surface area contributed by atoms with E-state index in [4.69, 9.17) is 5.73 Å². The quantitative estimate of drug-likeness (QED) is 0.855. The van der Waals surface area contributed by atoms with Gasteiger partial charge in [0, 0.05) is 23.6 Å². The van der Waals surface area contributed by atoms with Gasteiger partial charge in [0.15, 0.2) is 0 Å². The Morgan fingerprint density at radius 2 is 1.78 bits per heavy atom. The second kappa shape index (κ2) is 6.62. The first-order chi connectivity index (χ1) is 8.59. The lowest BCUT2D eigenvalue weighted by Gasteiger charge is -2.32. The first-order valence-corrected chi connectivity index (χ1v) is 8.64. The van der Waals surface area contributed by atoms with Gasteiger partial charge in [-0.05, 0) is 57.0 Å². The third-order valence-corrected chi connectivity index (χ3v) is 6.12. The van der Waals surface area contributed by atoms with Crippen molar-refractivity contribution in [3.8, 4) is 0 Å². The van der Waals surface area contributed by atoms with Gasteiger partial charge in [-0.3, -0.25) is 0 Å². The van der Waals surface area contributed by atoms with Gasteiger partial charge < -0.3 is 10.6 Å². The normalized spacial score (nSPS) is 34.2. The summed E-state index contributed by atoms with van der Waals surface area (Å²) in [4.78, 5) is 2.72. The minimum Gasteiger partial charge on any atom is -0.330 e. The van der Waals surface area contributed by atoms with Gasteiger partial charge in [0.05, 0.1) is 0 Å². The second-order valence-corrected chi connectivity index (χ2v) is 8.58. The molecule has 2 N–H and O–H groups in total. The zero-order chi connectivity index (χ0) is 13.0. The van der Waals surface area contributed by atoms with Crippen LogP contribution in [0, 0.1) is 11.8 Å². The van der Waals surface area contributed by atoms with Gasteiger partial charge in [-0.15, -0.1) is 0 Å². The van der Waals surface area contributed by atoms with Crippen molar-refractivity contribution >= 4 is 11.8 Å². The summed E-state index contributed by atoms with van der Waals surface area (Å²) in [6.45, 7) is 9.64. The largest absolute Gasteiger partial charge is 0.330 e. The van der Waals surface area contributed by atoms with E-state index in [0.29, 0.717) is 4.75 Å². The summed E-state index contributed by atoms with van der Waals surface area (Å²) in [5.41, 5.74) is 5.77. The molecule has 3 heteroatoms. The van der Waals surface area contributed by atoms with Crippen LogP contribution in [-0.2, 0) is 0 Å². The summed E-state index contributed by atoms with van der Waals surface area (Å²) >= 11 is 2.15. The fraction of sp³-hybridized carbons (Fsp3) is 1.00. The zero-order valence-electron chi connectivity index (χ0n) is 12.2. The van der Waals surface area contributed by atoms with Crippen molar-refractivity contribution in [2.45, 2.75) is 50.7 Å². The summed E-state index contributed by atoms with van der Waals surface area (Å²) in [7, 11) is 0. The summed E-state index contributed by atoms with van der Waals surface area (Å²) in [5, 5.41) is 0. The molecular weight excluding hydrogens is 240 g/mol. The van der Waals surface area contributed by atoms with Crippen molar-refractivity contribution in [2.75, 3.05) is 31.9 Å². The van der Waals surface area contributed by atoms with Gasteiger partial charge in [0.1, 0.15) is 0 Å². The molecule has 0 atom stereocenters. The second-order valence-electron chi connectivity index (χ2n) is 6.78. The van der Waals surface area contributed by atoms with E-state index in [1.165, 1.54) is 57.5 Å². The lowest BCUT2D eigenvalue weighted by Crippen LogP contribution is -2.34. The number of thioether (sulfide) groups is 1. The molecule has 1 aliphatic carbocycles. The Morgan fingerprint density at radius 1 is 1.11 bits per heavy atom. The minimum atomic E-state index is 0.492. The molecule has 2 rings (SSSR count). The van der Waals surface area contributed by atoms with Crippen molar-refractivity contribution in [2.24, 2.45) is 17.6 Å². The van der Waals surface area contributed by atoms with E-state index in [-0.39, 0.29) is 0 Å². The molecule has 0 amide bonds. The van der Waals surface area contributed by atoms with Crippen LogP contribution in [0.3, 0.4) is 0 Å². The average molecular weight is 270 g/mol. The van der Waals surface area contributed by atoms with Crippen molar-refractivity contribution in [3.05, 3.63) is 0 Å². The number of nitrogens with zero attached hydrogens (tertiary/aromatic N) is 1. The van der Waals surface area contributed by atoms with Gasteiger partial charge >= 0.3 is 0 Å². The molecule has 0 spiro atoms. The molecule has 0 bridgehead atoms. The molecule has 1 heterocycles. The number of hydrogen-bond acceptors (Lipinski definition) is 3. The topological polar surface area (TPSA) is 29.3 Å². The molecule has 0 aromatic heterocycles. The van der Waals surface area contributed by atoms with Crippen molar-refractivity contribution in [1.82, 2.24) is 4.90 Å². The van der Waals surface area contributed by atoms with Crippen LogP contribution < -0.4 is 5.73 Å². The highest BCUT2D eigenvalue weighted by atomic mass is 32.2. The fourth-order valence-corrected chi connectivity index (χ4v) is 4.40. The Labute approximate surface area is 117 Å². The van der Waals surface area contributed by atoms with Gasteiger partial charge in [0.25, 0.3) is 0 Å². The van der Waals surface area contributed by atoms with Crippen LogP contribution >= 0.6 is 11.8 Å². The maximum atomic E-state index is 5.77. The van der Waals surface area contributed by atoms with Crippen LogP contribution in [0.4, 0.5) is 0 Å². The molecule has 106 valence electrons. The Hall–Kier alpha value is 0.270. The van der Waals surface area contributed by atoms with Crippen molar-refractivity contribution in [3.63, 3.8) is 0 Å². The first-order valence-electron chi connectivity index (χ1n) is 7.65. The van der Waals surface area contributed by atoms with E-state index in [9.17, 15) is 0 Å². The molecule has 0 aromatic rings. The Morgan fingerprint density at radius 3 is 2.44 bits per heavy atom. The summed E-state index contributed by atoms with van der Waals surface area (Å²) < 4.78 is 0.492. The molecule has 2 nitrogen and oxygen atoms in total. The van der Waals surface area contributed by atoms with Crippen molar-refractivity contribution < 1.29 is 0 Å². The minimum absolute atomic E-state index is 0.492. The third-order valence-electron chi connectivity index (χ3n) is 4.75. The Kier molecular flexibility index (Phi) is 5.40. The standard InChI is InChI=1S/C15H30N2S/c1-15(2)7-8-17(9-10-18-15)12-14-5-3-13(11-16)4-6-14/h13-14H,3-12,16H2,1-2H3. The Bertz CT molecular complexity index is 247. The first kappa shape index (κ1) is 14.7. The molecule has 2 fully saturated rings. The molecule has 1 saturated heterocycles. The van der Waals surface area contributed by atoms with E-state index < -0.39 is 0 Å². The van der Waals surface area contributed by atoms with E-state index in [0.717, 1.165) is 18.4 Å². The highest BCUT2D eigenvalue weighted by Gasteiger charge is 2.26. The van der Waals surface area contributed by atoms with Gasteiger partial charge in [-0.1, -0.05) is 13.8 Å². The fourth-order valence-electron chi connectivity index (χ4n) is 3.26. The lowest BCUT2D eigenvalue weighted by molar-refractivity contribution is 0.187. The average Bonchev–Trinajstić information content (AvgIpc) is 2.52. The van der Waals surface area contributed by atoms with E-state index >= 15 is 0 Å². The molecule has 0 radical (unpaired) electrons. The number of rotatable bonds is 3. The molecular formula is C15H30N2S. The molecule has 1 saturated carbocycles. The third kappa shape index (κ3) is 4.43. The summed E-state index contributed by atoms with van der Waals surface area (Å²) in [6, 6.07) is 0. The highest BCUT2D eigenvalue weighted by molar-refractivity contribution is 8.00. The summed E-state index contributed by atoms with van der Waals surface area (Å²) in [5.74, 6) is 3.07. The molecule has 0 aromatic carbocycles. The zero-order valence-corrected chi connectivity index (χ0v) is 13.0. The predicted octanol–water partition coefficient (Wildman–Crippen LogP) is 2.97. The maximum absolute atomic E-state index is 5.77. The maximum Gasteiger partial charge on any atom is 0.0116 e. The van der Waals surface area contributed by atoms with Gasteiger partial charge in [0.2, 0.25) is 0 Å².